The lowest BCUT2D eigenvalue weighted by Crippen LogP contribution is -2.16. The third kappa shape index (κ3) is 2.55. The quantitative estimate of drug-likeness (QED) is 0.927. The van der Waals surface area contributed by atoms with Crippen molar-refractivity contribution in [2.24, 2.45) is 0 Å². The monoisotopic (exact) mass is 322 g/mol. The van der Waals surface area contributed by atoms with Crippen molar-refractivity contribution >= 4 is 15.9 Å². The lowest BCUT2D eigenvalue weighted by atomic mass is 9.88. The van der Waals surface area contributed by atoms with E-state index in [-0.39, 0.29) is 0 Å². The van der Waals surface area contributed by atoms with E-state index in [4.69, 9.17) is 9.15 Å². The molecule has 2 heterocycles. The zero-order chi connectivity index (χ0) is 13.2. The van der Waals surface area contributed by atoms with Crippen LogP contribution in [0.3, 0.4) is 0 Å². The number of rotatable bonds is 3. The van der Waals surface area contributed by atoms with Crippen LogP contribution in [0.15, 0.2) is 45.5 Å². The number of aliphatic hydroxyl groups is 1. The zero-order valence-electron chi connectivity index (χ0n) is 10.4. The third-order valence-electron chi connectivity index (χ3n) is 3.54. The minimum Gasteiger partial charge on any atom is -0.493 e. The molecule has 1 aromatic carbocycles. The second-order valence-corrected chi connectivity index (χ2v) is 5.61. The van der Waals surface area contributed by atoms with Gasteiger partial charge in [0.1, 0.15) is 17.6 Å². The first-order valence-electron chi connectivity index (χ1n) is 6.38. The van der Waals surface area contributed by atoms with Crippen LogP contribution in [0.25, 0.3) is 0 Å². The van der Waals surface area contributed by atoms with Crippen LogP contribution in [-0.2, 0) is 0 Å². The van der Waals surface area contributed by atoms with Gasteiger partial charge < -0.3 is 14.3 Å². The number of aliphatic hydroxyl groups excluding tert-OH is 1. The molecular formula is C15H15BrO3. The summed E-state index contributed by atoms with van der Waals surface area (Å²) in [4.78, 5) is 0. The lowest BCUT2D eigenvalue weighted by Gasteiger charge is -2.27. The van der Waals surface area contributed by atoms with Crippen LogP contribution < -0.4 is 4.74 Å². The topological polar surface area (TPSA) is 42.6 Å². The largest absolute Gasteiger partial charge is 0.493 e. The number of hydrogen-bond acceptors (Lipinski definition) is 3. The van der Waals surface area contributed by atoms with E-state index in [1.807, 2.05) is 18.2 Å². The lowest BCUT2D eigenvalue weighted by molar-refractivity contribution is 0.121. The molecule has 1 aliphatic heterocycles. The van der Waals surface area contributed by atoms with Crippen LogP contribution in [0.4, 0.5) is 0 Å². The molecule has 1 aliphatic rings. The van der Waals surface area contributed by atoms with Crippen molar-refractivity contribution in [1.29, 1.82) is 0 Å². The average Bonchev–Trinajstić information content (AvgIpc) is 2.85. The summed E-state index contributed by atoms with van der Waals surface area (Å²) in [5.74, 6) is 1.84. The van der Waals surface area contributed by atoms with Gasteiger partial charge >= 0.3 is 0 Å². The Balaban J connectivity index is 1.80. The second-order valence-electron chi connectivity index (χ2n) is 4.76. The minimum atomic E-state index is -0.597. The molecule has 2 aromatic rings. The Hall–Kier alpha value is -1.26. The SMILES string of the molecule is OC(CC1CCOc2ccccc21)c1occc1Br. The molecule has 3 rings (SSSR count). The Morgan fingerprint density at radius 2 is 2.16 bits per heavy atom. The average molecular weight is 323 g/mol. The maximum absolute atomic E-state index is 10.3. The summed E-state index contributed by atoms with van der Waals surface area (Å²) in [6.07, 6.45) is 2.56. The van der Waals surface area contributed by atoms with Crippen LogP contribution in [0.2, 0.25) is 0 Å². The van der Waals surface area contributed by atoms with E-state index in [0.29, 0.717) is 24.7 Å². The number of ether oxygens (including phenoxy) is 1. The predicted molar refractivity (Wildman–Crippen MR) is 75.3 cm³/mol. The molecule has 0 bridgehead atoms. The van der Waals surface area contributed by atoms with Crippen LogP contribution in [0.1, 0.15) is 36.2 Å². The molecule has 1 N–H and O–H groups in total. The fourth-order valence-corrected chi connectivity index (χ4v) is 3.05. The van der Waals surface area contributed by atoms with Gasteiger partial charge in [-0.1, -0.05) is 18.2 Å². The summed E-state index contributed by atoms with van der Waals surface area (Å²) >= 11 is 3.38. The van der Waals surface area contributed by atoms with E-state index in [9.17, 15) is 5.11 Å². The van der Waals surface area contributed by atoms with Crippen LogP contribution in [0, 0.1) is 0 Å². The van der Waals surface area contributed by atoms with Gasteiger partial charge in [0.05, 0.1) is 17.3 Å². The smallest absolute Gasteiger partial charge is 0.146 e. The zero-order valence-corrected chi connectivity index (χ0v) is 12.0. The maximum atomic E-state index is 10.3. The summed E-state index contributed by atoms with van der Waals surface area (Å²) in [6, 6.07) is 9.84. The molecule has 2 unspecified atom stereocenters. The molecule has 0 saturated heterocycles. The predicted octanol–water partition coefficient (Wildman–Crippen LogP) is 4.03. The highest BCUT2D eigenvalue weighted by Gasteiger charge is 2.26. The van der Waals surface area contributed by atoms with Crippen molar-refractivity contribution in [3.63, 3.8) is 0 Å². The summed E-state index contributed by atoms with van der Waals surface area (Å²) in [5.41, 5.74) is 1.18. The van der Waals surface area contributed by atoms with Crippen LogP contribution >= 0.6 is 15.9 Å². The molecule has 100 valence electrons. The summed E-state index contributed by atoms with van der Waals surface area (Å²) in [6.45, 7) is 0.702. The summed E-state index contributed by atoms with van der Waals surface area (Å²) < 4.78 is 11.8. The highest BCUT2D eigenvalue weighted by molar-refractivity contribution is 9.10. The van der Waals surface area contributed by atoms with Crippen molar-refractivity contribution in [2.45, 2.75) is 24.9 Å². The van der Waals surface area contributed by atoms with Gasteiger partial charge in [0, 0.05) is 0 Å². The molecular weight excluding hydrogens is 308 g/mol. The highest BCUT2D eigenvalue weighted by atomic mass is 79.9. The number of furan rings is 1. The van der Waals surface area contributed by atoms with E-state index in [0.717, 1.165) is 16.6 Å². The third-order valence-corrected chi connectivity index (χ3v) is 4.19. The van der Waals surface area contributed by atoms with Crippen molar-refractivity contribution in [1.82, 2.24) is 0 Å². The molecule has 3 nitrogen and oxygen atoms in total. The number of benzene rings is 1. The number of para-hydroxylation sites is 1. The molecule has 19 heavy (non-hydrogen) atoms. The molecule has 2 atom stereocenters. The number of halogens is 1. The van der Waals surface area contributed by atoms with Crippen LogP contribution in [-0.4, -0.2) is 11.7 Å². The van der Waals surface area contributed by atoms with E-state index < -0.39 is 6.10 Å². The first kappa shape index (κ1) is 12.8. The maximum Gasteiger partial charge on any atom is 0.146 e. The van der Waals surface area contributed by atoms with Gasteiger partial charge in [-0.05, 0) is 52.4 Å². The minimum absolute atomic E-state index is 0.303. The first-order valence-corrected chi connectivity index (χ1v) is 7.17. The molecule has 0 aliphatic carbocycles. The normalized spacial score (nSPS) is 19.6. The fraction of sp³-hybridized carbons (Fsp3) is 0.333. The molecule has 0 spiro atoms. The van der Waals surface area contributed by atoms with Gasteiger partial charge in [0.15, 0.2) is 0 Å². The molecule has 4 heteroatoms. The van der Waals surface area contributed by atoms with Gasteiger partial charge in [-0.2, -0.15) is 0 Å². The Bertz CT molecular complexity index is 564. The Labute approximate surface area is 120 Å². The summed E-state index contributed by atoms with van der Waals surface area (Å²) in [5, 5.41) is 10.3. The van der Waals surface area contributed by atoms with Gasteiger partial charge in [0.25, 0.3) is 0 Å². The van der Waals surface area contributed by atoms with Gasteiger partial charge in [-0.25, -0.2) is 0 Å². The Morgan fingerprint density at radius 1 is 1.32 bits per heavy atom. The standard InChI is InChI=1S/C15H15BrO3/c16-12-6-8-19-15(12)13(17)9-10-5-7-18-14-4-2-1-3-11(10)14/h1-4,6,8,10,13,17H,5,7,9H2. The second kappa shape index (κ2) is 5.39. The number of fused-ring (bicyclic) bond motifs is 1. The van der Waals surface area contributed by atoms with E-state index in [2.05, 4.69) is 22.0 Å². The van der Waals surface area contributed by atoms with Gasteiger partial charge in [0.2, 0.25) is 0 Å². The Kier molecular flexibility index (Phi) is 3.62. The van der Waals surface area contributed by atoms with Crippen molar-refractivity contribution in [3.05, 3.63) is 52.4 Å². The summed E-state index contributed by atoms with van der Waals surface area (Å²) in [7, 11) is 0. The Morgan fingerprint density at radius 3 is 2.95 bits per heavy atom. The van der Waals surface area contributed by atoms with Crippen molar-refractivity contribution < 1.29 is 14.3 Å². The van der Waals surface area contributed by atoms with Crippen molar-refractivity contribution in [3.8, 4) is 5.75 Å². The fourth-order valence-electron chi connectivity index (χ4n) is 2.58. The molecule has 0 saturated carbocycles. The van der Waals surface area contributed by atoms with E-state index in [1.54, 1.807) is 12.3 Å². The molecule has 0 amide bonds. The molecule has 0 fully saturated rings. The van der Waals surface area contributed by atoms with Gasteiger partial charge in [-0.15, -0.1) is 0 Å². The molecule has 1 aromatic heterocycles. The number of hydrogen-bond donors (Lipinski definition) is 1. The highest BCUT2D eigenvalue weighted by Crippen LogP contribution is 2.39. The molecule has 0 radical (unpaired) electrons. The van der Waals surface area contributed by atoms with Gasteiger partial charge in [-0.3, -0.25) is 0 Å². The van der Waals surface area contributed by atoms with E-state index in [1.165, 1.54) is 5.56 Å². The first-order chi connectivity index (χ1) is 9.25. The van der Waals surface area contributed by atoms with Crippen LogP contribution in [0.5, 0.6) is 5.75 Å². The van der Waals surface area contributed by atoms with E-state index >= 15 is 0 Å². The van der Waals surface area contributed by atoms with Crippen molar-refractivity contribution in [2.75, 3.05) is 6.61 Å².